The van der Waals surface area contributed by atoms with E-state index in [1.807, 2.05) is 12.1 Å². The highest BCUT2D eigenvalue weighted by Crippen LogP contribution is 2.40. The monoisotopic (exact) mass is 383 g/mol. The van der Waals surface area contributed by atoms with Crippen molar-refractivity contribution < 1.29 is 9.50 Å². The molecule has 0 bridgehead atoms. The van der Waals surface area contributed by atoms with Crippen molar-refractivity contribution in [2.45, 2.75) is 78.2 Å². The second-order valence-electron chi connectivity index (χ2n) is 8.10. The fourth-order valence-electron chi connectivity index (χ4n) is 3.76. The number of hydrogen-bond donors (Lipinski definition) is 1. The van der Waals surface area contributed by atoms with E-state index < -0.39 is 6.10 Å². The summed E-state index contributed by atoms with van der Waals surface area (Å²) in [5, 5.41) is 10.8. The maximum Gasteiger partial charge on any atom is 0.123 e. The van der Waals surface area contributed by atoms with Crippen LogP contribution in [0.5, 0.6) is 0 Å². The van der Waals surface area contributed by atoms with Crippen LogP contribution in [-0.4, -0.2) is 10.1 Å². The van der Waals surface area contributed by atoms with E-state index in [4.69, 9.17) is 4.98 Å². The zero-order valence-corrected chi connectivity index (χ0v) is 17.9. The molecule has 2 rings (SSSR count). The van der Waals surface area contributed by atoms with Crippen LogP contribution in [0.3, 0.4) is 0 Å². The fraction of sp³-hybridized carbons (Fsp3) is 0.480. The number of pyridine rings is 1. The molecule has 0 amide bonds. The van der Waals surface area contributed by atoms with Gasteiger partial charge in [0.25, 0.3) is 0 Å². The van der Waals surface area contributed by atoms with Crippen LogP contribution in [0.1, 0.15) is 94.3 Å². The molecule has 0 saturated heterocycles. The zero-order valence-electron chi connectivity index (χ0n) is 17.9. The van der Waals surface area contributed by atoms with Gasteiger partial charge < -0.3 is 5.11 Å². The van der Waals surface area contributed by atoms with Crippen LogP contribution >= 0.6 is 0 Å². The summed E-state index contributed by atoms with van der Waals surface area (Å²) in [5.74, 6) is 0.165. The number of rotatable bonds is 9. The van der Waals surface area contributed by atoms with Crippen molar-refractivity contribution in [3.8, 4) is 11.1 Å². The van der Waals surface area contributed by atoms with E-state index in [2.05, 4.69) is 41.2 Å². The summed E-state index contributed by atoms with van der Waals surface area (Å²) in [7, 11) is 0. The highest BCUT2D eigenvalue weighted by atomic mass is 19.1. The molecule has 2 aromatic rings. The van der Waals surface area contributed by atoms with Crippen molar-refractivity contribution >= 4 is 0 Å². The third kappa shape index (κ3) is 4.88. The quantitative estimate of drug-likeness (QED) is 0.370. The third-order valence-corrected chi connectivity index (χ3v) is 5.17. The summed E-state index contributed by atoms with van der Waals surface area (Å²) in [6.07, 6.45) is 5.00. The van der Waals surface area contributed by atoms with Gasteiger partial charge in [0.15, 0.2) is 0 Å². The summed E-state index contributed by atoms with van der Waals surface area (Å²) in [6.45, 7) is 14.5. The van der Waals surface area contributed by atoms with Gasteiger partial charge in [-0.15, -0.1) is 6.58 Å². The Labute approximate surface area is 169 Å². The molecule has 1 aromatic heterocycles. The van der Waals surface area contributed by atoms with Crippen LogP contribution in [0, 0.1) is 5.82 Å². The maximum absolute atomic E-state index is 13.6. The molecule has 3 heteroatoms. The van der Waals surface area contributed by atoms with Gasteiger partial charge in [-0.25, -0.2) is 4.39 Å². The van der Waals surface area contributed by atoms with Gasteiger partial charge in [0.05, 0.1) is 6.10 Å². The first-order valence-corrected chi connectivity index (χ1v) is 10.4. The first-order chi connectivity index (χ1) is 13.3. The van der Waals surface area contributed by atoms with Gasteiger partial charge in [-0.2, -0.15) is 0 Å². The van der Waals surface area contributed by atoms with Crippen molar-refractivity contribution in [1.29, 1.82) is 0 Å². The molecular formula is C25H34FNO. The number of hydrogen-bond acceptors (Lipinski definition) is 2. The van der Waals surface area contributed by atoms with Gasteiger partial charge in [0, 0.05) is 17.0 Å². The summed E-state index contributed by atoms with van der Waals surface area (Å²) in [6, 6.07) is 6.59. The van der Waals surface area contributed by atoms with Crippen molar-refractivity contribution in [3.05, 3.63) is 65.3 Å². The topological polar surface area (TPSA) is 33.1 Å². The number of benzene rings is 1. The standard InChI is InChI=1S/C25H34FNO/c1-7-9-10-11-20-22(18-12-14-19(26)15-13-18)23(21(28)8-2)25(17(5)6)27-24(20)16(3)4/h8,12-17,21,28H,2,7,9-11H2,1,3-6H3. The third-order valence-electron chi connectivity index (χ3n) is 5.17. The Morgan fingerprint density at radius 3 is 2.14 bits per heavy atom. The largest absolute Gasteiger partial charge is 0.384 e. The second kappa shape index (κ2) is 9.97. The average molecular weight is 384 g/mol. The lowest BCUT2D eigenvalue weighted by atomic mass is 9.83. The summed E-state index contributed by atoms with van der Waals surface area (Å²) in [5.41, 5.74) is 5.90. The molecule has 0 aliphatic heterocycles. The van der Waals surface area contributed by atoms with Crippen LogP contribution in [-0.2, 0) is 6.42 Å². The molecule has 1 aromatic carbocycles. The van der Waals surface area contributed by atoms with E-state index in [1.54, 1.807) is 6.08 Å². The molecule has 1 atom stereocenters. The minimum absolute atomic E-state index is 0.158. The molecule has 0 aliphatic rings. The smallest absolute Gasteiger partial charge is 0.123 e. The van der Waals surface area contributed by atoms with Crippen molar-refractivity contribution in [2.24, 2.45) is 0 Å². The minimum Gasteiger partial charge on any atom is -0.384 e. The molecule has 2 nitrogen and oxygen atoms in total. The highest BCUT2D eigenvalue weighted by molar-refractivity contribution is 5.74. The molecule has 1 heterocycles. The Hall–Kier alpha value is -2.00. The lowest BCUT2D eigenvalue weighted by Crippen LogP contribution is -2.14. The SMILES string of the molecule is C=CC(O)c1c(C(C)C)nc(C(C)C)c(CCCCC)c1-c1ccc(F)cc1. The molecule has 0 aliphatic carbocycles. The lowest BCUT2D eigenvalue weighted by molar-refractivity contribution is 0.227. The van der Waals surface area contributed by atoms with Crippen LogP contribution < -0.4 is 0 Å². The molecule has 0 radical (unpaired) electrons. The van der Waals surface area contributed by atoms with Gasteiger partial charge in [-0.05, 0) is 53.5 Å². The fourth-order valence-corrected chi connectivity index (χ4v) is 3.76. The summed E-state index contributed by atoms with van der Waals surface area (Å²) < 4.78 is 13.6. The molecule has 0 spiro atoms. The first kappa shape index (κ1) is 22.3. The first-order valence-electron chi connectivity index (χ1n) is 10.4. The van der Waals surface area contributed by atoms with E-state index in [0.29, 0.717) is 0 Å². The van der Waals surface area contributed by atoms with Gasteiger partial charge in [-0.1, -0.05) is 65.7 Å². The van der Waals surface area contributed by atoms with Crippen LogP contribution in [0.4, 0.5) is 4.39 Å². The predicted octanol–water partition coefficient (Wildman–Crippen LogP) is 7.09. The van der Waals surface area contributed by atoms with Gasteiger partial charge in [-0.3, -0.25) is 4.98 Å². The molecular weight excluding hydrogens is 349 g/mol. The maximum atomic E-state index is 13.6. The van der Waals surface area contributed by atoms with Gasteiger partial charge >= 0.3 is 0 Å². The Bertz CT molecular complexity index is 793. The Kier molecular flexibility index (Phi) is 7.94. The van der Waals surface area contributed by atoms with Crippen LogP contribution in [0.15, 0.2) is 36.9 Å². The number of halogens is 1. The molecule has 0 fully saturated rings. The number of nitrogens with zero attached hydrogens (tertiary/aromatic N) is 1. The predicted molar refractivity (Wildman–Crippen MR) is 116 cm³/mol. The molecule has 1 unspecified atom stereocenters. The molecule has 1 N–H and O–H groups in total. The Morgan fingerprint density at radius 2 is 1.64 bits per heavy atom. The lowest BCUT2D eigenvalue weighted by Gasteiger charge is -2.26. The van der Waals surface area contributed by atoms with E-state index in [-0.39, 0.29) is 17.7 Å². The number of aliphatic hydroxyl groups is 1. The van der Waals surface area contributed by atoms with Crippen LogP contribution in [0.2, 0.25) is 0 Å². The number of aromatic nitrogens is 1. The van der Waals surface area contributed by atoms with Crippen molar-refractivity contribution in [2.75, 3.05) is 0 Å². The highest BCUT2D eigenvalue weighted by Gasteiger charge is 2.26. The average Bonchev–Trinajstić information content (AvgIpc) is 2.67. The molecule has 0 saturated carbocycles. The molecule has 28 heavy (non-hydrogen) atoms. The van der Waals surface area contributed by atoms with E-state index in [1.165, 1.54) is 17.7 Å². The number of unbranched alkanes of at least 4 members (excludes halogenated alkanes) is 2. The summed E-state index contributed by atoms with van der Waals surface area (Å²) >= 11 is 0. The number of aliphatic hydroxyl groups excluding tert-OH is 1. The molecule has 152 valence electrons. The second-order valence-corrected chi connectivity index (χ2v) is 8.10. The Morgan fingerprint density at radius 1 is 1.04 bits per heavy atom. The minimum atomic E-state index is -0.809. The van der Waals surface area contributed by atoms with Crippen LogP contribution in [0.25, 0.3) is 11.1 Å². The normalized spacial score (nSPS) is 12.6. The van der Waals surface area contributed by atoms with Crippen molar-refractivity contribution in [1.82, 2.24) is 4.98 Å². The van der Waals surface area contributed by atoms with Gasteiger partial charge in [0.1, 0.15) is 5.82 Å². The van der Waals surface area contributed by atoms with Gasteiger partial charge in [0.2, 0.25) is 0 Å². The van der Waals surface area contributed by atoms with E-state index in [9.17, 15) is 9.50 Å². The summed E-state index contributed by atoms with van der Waals surface area (Å²) in [4.78, 5) is 5.04. The van der Waals surface area contributed by atoms with E-state index >= 15 is 0 Å². The zero-order chi connectivity index (χ0) is 20.8. The Balaban J connectivity index is 2.89. The van der Waals surface area contributed by atoms with Crippen molar-refractivity contribution in [3.63, 3.8) is 0 Å². The van der Waals surface area contributed by atoms with E-state index in [0.717, 1.165) is 53.8 Å².